The van der Waals surface area contributed by atoms with E-state index in [0.717, 1.165) is 62.4 Å². The van der Waals surface area contributed by atoms with Gasteiger partial charge in [-0.25, -0.2) is 17.6 Å². The van der Waals surface area contributed by atoms with Gasteiger partial charge in [0.1, 0.15) is 23.3 Å². The summed E-state index contributed by atoms with van der Waals surface area (Å²) in [6.45, 7) is 7.28. The van der Waals surface area contributed by atoms with Crippen molar-refractivity contribution >= 4 is 24.1 Å². The average Bonchev–Trinajstić information content (AvgIpc) is 2.85. The van der Waals surface area contributed by atoms with Gasteiger partial charge >= 0.3 is 0 Å². The fourth-order valence-corrected chi connectivity index (χ4v) is 5.58. The van der Waals surface area contributed by atoms with E-state index in [2.05, 4.69) is 30.0 Å². The monoisotopic (exact) mass is 509 g/mol. The van der Waals surface area contributed by atoms with Crippen molar-refractivity contribution in [3.8, 4) is 0 Å². The molecule has 5 rings (SSSR count). The Morgan fingerprint density at radius 3 is 2.38 bits per heavy atom. The van der Waals surface area contributed by atoms with Gasteiger partial charge in [-0.1, -0.05) is 43.8 Å². The molecule has 8 heteroatoms. The van der Waals surface area contributed by atoms with Gasteiger partial charge in [-0.3, -0.25) is 4.90 Å². The van der Waals surface area contributed by atoms with Crippen molar-refractivity contribution in [1.29, 1.82) is 0 Å². The summed E-state index contributed by atoms with van der Waals surface area (Å²) in [4.78, 5) is 3.97. The molecule has 3 nitrogen and oxygen atoms in total. The first-order valence-electron chi connectivity index (χ1n) is 13.2. The molecule has 0 amide bonds. The largest absolute Gasteiger partial charge is 0.380 e. The zero-order chi connectivity index (χ0) is 26.1. The first kappa shape index (κ1) is 25.6. The van der Waals surface area contributed by atoms with Crippen LogP contribution in [0.15, 0.2) is 48.5 Å². The van der Waals surface area contributed by atoms with Crippen molar-refractivity contribution in [2.45, 2.75) is 45.1 Å². The van der Waals surface area contributed by atoms with E-state index < -0.39 is 29.3 Å². The second-order valence-corrected chi connectivity index (χ2v) is 10.1. The minimum atomic E-state index is -0.878. The maximum Gasteiger partial charge on any atom is 0.154 e. The topological polar surface area (TPSA) is 18.5 Å². The number of fused-ring (bicyclic) bond motifs is 1. The van der Waals surface area contributed by atoms with Gasteiger partial charge in [0.15, 0.2) is 7.28 Å². The quantitative estimate of drug-likeness (QED) is 0.324. The Kier molecular flexibility index (Phi) is 7.47. The lowest BCUT2D eigenvalue weighted by molar-refractivity contribution is 0.159. The van der Waals surface area contributed by atoms with Crippen LogP contribution in [0.2, 0.25) is 6.82 Å². The Bertz CT molecular complexity index is 1250. The molecule has 3 aromatic carbocycles. The SMILES string of the molecule is CBc1ccc2c(c1)CCN(c1ccc(F)cc1F)[C@H]2c1c(F)cc(NC2CN(CCCC)C2)cc1F. The van der Waals surface area contributed by atoms with Gasteiger partial charge in [-0.2, -0.15) is 0 Å². The van der Waals surface area contributed by atoms with Crippen LogP contribution in [0.1, 0.15) is 42.5 Å². The number of anilines is 2. The Morgan fingerprint density at radius 2 is 1.70 bits per heavy atom. The zero-order valence-corrected chi connectivity index (χ0v) is 21.3. The van der Waals surface area contributed by atoms with Gasteiger partial charge in [0.25, 0.3) is 0 Å². The Morgan fingerprint density at radius 1 is 0.946 bits per heavy atom. The second-order valence-electron chi connectivity index (χ2n) is 10.1. The van der Waals surface area contributed by atoms with E-state index in [1.807, 2.05) is 12.1 Å². The third kappa shape index (κ3) is 5.21. The van der Waals surface area contributed by atoms with E-state index >= 15 is 8.78 Å². The predicted molar refractivity (Wildman–Crippen MR) is 143 cm³/mol. The van der Waals surface area contributed by atoms with Crippen molar-refractivity contribution in [3.05, 3.63) is 88.5 Å². The van der Waals surface area contributed by atoms with Gasteiger partial charge in [0.05, 0.1) is 23.3 Å². The van der Waals surface area contributed by atoms with Crippen molar-refractivity contribution in [2.75, 3.05) is 36.4 Å². The molecule has 1 N–H and O–H groups in total. The molecule has 0 spiro atoms. The van der Waals surface area contributed by atoms with Crippen LogP contribution in [-0.2, 0) is 6.42 Å². The number of nitrogens with zero attached hydrogens (tertiary/aromatic N) is 2. The second kappa shape index (κ2) is 10.8. The Labute approximate surface area is 216 Å². The van der Waals surface area contributed by atoms with Gasteiger partial charge in [0.2, 0.25) is 0 Å². The molecular weight excluding hydrogens is 477 g/mol. The third-order valence-electron chi connectivity index (χ3n) is 7.57. The average molecular weight is 509 g/mol. The molecule has 2 aliphatic rings. The summed E-state index contributed by atoms with van der Waals surface area (Å²) in [6.07, 6.45) is 2.86. The van der Waals surface area contributed by atoms with Gasteiger partial charge < -0.3 is 10.2 Å². The summed E-state index contributed by atoms with van der Waals surface area (Å²) in [5.74, 6) is -2.82. The van der Waals surface area contributed by atoms with E-state index in [0.29, 0.717) is 18.7 Å². The van der Waals surface area contributed by atoms with Gasteiger partial charge in [-0.15, -0.1) is 0 Å². The van der Waals surface area contributed by atoms with Crippen LogP contribution < -0.4 is 15.7 Å². The number of halogens is 4. The van der Waals surface area contributed by atoms with Crippen molar-refractivity contribution in [2.24, 2.45) is 0 Å². The fraction of sp³-hybridized carbons (Fsp3) is 0.379. The highest BCUT2D eigenvalue weighted by Gasteiger charge is 2.35. The van der Waals surface area contributed by atoms with Gasteiger partial charge in [-0.05, 0) is 54.8 Å². The molecule has 3 aromatic rings. The lowest BCUT2D eigenvalue weighted by Gasteiger charge is -2.41. The molecule has 2 aliphatic heterocycles. The maximum atomic E-state index is 15.7. The maximum absolute atomic E-state index is 15.7. The molecule has 1 fully saturated rings. The first-order chi connectivity index (χ1) is 17.9. The highest BCUT2D eigenvalue weighted by atomic mass is 19.1. The Hall–Kier alpha value is -3.00. The van der Waals surface area contributed by atoms with Crippen LogP contribution >= 0.6 is 0 Å². The van der Waals surface area contributed by atoms with Crippen molar-refractivity contribution < 1.29 is 17.6 Å². The first-order valence-corrected chi connectivity index (χ1v) is 13.2. The summed E-state index contributed by atoms with van der Waals surface area (Å²) < 4.78 is 60.0. The molecule has 0 unspecified atom stereocenters. The number of likely N-dealkylation sites (tertiary alicyclic amines) is 1. The summed E-state index contributed by atoms with van der Waals surface area (Å²) in [6, 6.07) is 11.2. The Balaban J connectivity index is 1.49. The van der Waals surface area contributed by atoms with Crippen LogP contribution in [0.25, 0.3) is 0 Å². The summed E-state index contributed by atoms with van der Waals surface area (Å²) >= 11 is 0. The van der Waals surface area contributed by atoms with Crippen molar-refractivity contribution in [1.82, 2.24) is 4.90 Å². The molecule has 0 aliphatic carbocycles. The van der Waals surface area contributed by atoms with Crippen molar-refractivity contribution in [3.63, 3.8) is 0 Å². The van der Waals surface area contributed by atoms with E-state index in [1.165, 1.54) is 24.3 Å². The number of unbranched alkanes of at least 4 members (excludes halogenated alkanes) is 1. The van der Waals surface area contributed by atoms with Crippen LogP contribution in [0, 0.1) is 23.3 Å². The van der Waals surface area contributed by atoms with Crippen LogP contribution in [0.5, 0.6) is 0 Å². The van der Waals surface area contributed by atoms with Crippen LogP contribution in [-0.4, -0.2) is 44.4 Å². The lowest BCUT2D eigenvalue weighted by Crippen LogP contribution is -2.54. The third-order valence-corrected chi connectivity index (χ3v) is 7.57. The molecule has 0 bridgehead atoms. The number of benzene rings is 3. The number of hydrogen-bond donors (Lipinski definition) is 1. The normalized spacial score (nSPS) is 17.9. The molecule has 0 radical (unpaired) electrons. The highest BCUT2D eigenvalue weighted by molar-refractivity contribution is 6.51. The minimum Gasteiger partial charge on any atom is -0.380 e. The molecule has 194 valence electrons. The number of nitrogens with one attached hydrogen (secondary N) is 1. The minimum absolute atomic E-state index is 0.124. The smallest absolute Gasteiger partial charge is 0.154 e. The summed E-state index contributed by atoms with van der Waals surface area (Å²) in [7, 11) is 0.842. The molecule has 1 atom stereocenters. The number of rotatable bonds is 8. The molecule has 0 aromatic heterocycles. The van der Waals surface area contributed by atoms with E-state index in [9.17, 15) is 8.78 Å². The molecule has 1 saturated heterocycles. The van der Waals surface area contributed by atoms with Crippen LogP contribution in [0.3, 0.4) is 0 Å². The molecule has 37 heavy (non-hydrogen) atoms. The predicted octanol–water partition coefficient (Wildman–Crippen LogP) is 5.40. The van der Waals surface area contributed by atoms with E-state index in [4.69, 9.17) is 0 Å². The molecule has 0 saturated carbocycles. The molecular formula is C29H32BF4N3. The highest BCUT2D eigenvalue weighted by Crippen LogP contribution is 2.41. The summed E-state index contributed by atoms with van der Waals surface area (Å²) in [5, 5.41) is 3.25. The zero-order valence-electron chi connectivity index (χ0n) is 21.3. The van der Waals surface area contributed by atoms with Gasteiger partial charge in [0, 0.05) is 31.4 Å². The standard InChI is InChI=1S/C29H32BF4N3/c1-3-4-10-36-16-22(17-36)35-21-14-25(33)28(26(34)15-21)29-23-7-5-19(30-2)12-18(23)9-11-37(29)27-8-6-20(31)13-24(27)32/h5-8,12-15,22,29-30,35H,3-4,9-11,16-17H2,1-2H3/t29-/m1/s1. The fourth-order valence-electron chi connectivity index (χ4n) is 5.58. The lowest BCUT2D eigenvalue weighted by atomic mass is 9.71. The summed E-state index contributed by atoms with van der Waals surface area (Å²) in [5.41, 5.74) is 3.25. The molecule has 2 heterocycles. The van der Waals surface area contributed by atoms with E-state index in [-0.39, 0.29) is 17.3 Å². The number of hydrogen-bond acceptors (Lipinski definition) is 3. The van der Waals surface area contributed by atoms with E-state index in [1.54, 1.807) is 4.90 Å². The van der Waals surface area contributed by atoms with Crippen LogP contribution in [0.4, 0.5) is 28.9 Å².